The van der Waals surface area contributed by atoms with Crippen LogP contribution in [0.15, 0.2) is 18.2 Å². The maximum absolute atomic E-state index is 6.39. The molecular weight excluding hydrogens is 254 g/mol. The fourth-order valence-corrected chi connectivity index (χ4v) is 3.09. The SMILES string of the molecule is CC(C)c1cccc(Cl)c1NC(C)(C)CC(C)(C)C. The quantitative estimate of drug-likeness (QED) is 0.704. The first-order chi connectivity index (χ1) is 8.52. The molecule has 0 aliphatic rings. The van der Waals surface area contributed by atoms with Gasteiger partial charge in [-0.2, -0.15) is 0 Å². The number of hydrogen-bond acceptors (Lipinski definition) is 1. The Balaban J connectivity index is 3.05. The number of hydrogen-bond donors (Lipinski definition) is 1. The lowest BCUT2D eigenvalue weighted by Crippen LogP contribution is -2.36. The van der Waals surface area contributed by atoms with Gasteiger partial charge in [-0.15, -0.1) is 0 Å². The molecule has 0 aliphatic carbocycles. The van der Waals surface area contributed by atoms with Gasteiger partial charge in [-0.25, -0.2) is 0 Å². The van der Waals surface area contributed by atoms with Crippen molar-refractivity contribution < 1.29 is 0 Å². The van der Waals surface area contributed by atoms with E-state index in [1.54, 1.807) is 0 Å². The molecule has 1 aromatic carbocycles. The fourth-order valence-electron chi connectivity index (χ4n) is 2.86. The molecule has 19 heavy (non-hydrogen) atoms. The average molecular weight is 282 g/mol. The van der Waals surface area contributed by atoms with Crippen LogP contribution < -0.4 is 5.32 Å². The lowest BCUT2D eigenvalue weighted by Gasteiger charge is -2.35. The zero-order valence-corrected chi connectivity index (χ0v) is 14.2. The summed E-state index contributed by atoms with van der Waals surface area (Å²) in [6.45, 7) is 15.7. The Hall–Kier alpha value is -0.690. The minimum absolute atomic E-state index is 0.0207. The predicted octanol–water partition coefficient (Wildman–Crippen LogP) is 6.09. The number of nitrogens with one attached hydrogen (secondary N) is 1. The standard InChI is InChI=1S/C17H28ClN/c1-12(2)13-9-8-10-14(18)15(13)19-17(6,7)11-16(3,4)5/h8-10,12,19H,11H2,1-7H3. The molecule has 2 heteroatoms. The van der Waals surface area contributed by atoms with Crippen LogP contribution in [0.2, 0.25) is 5.02 Å². The average Bonchev–Trinajstić information content (AvgIpc) is 2.16. The topological polar surface area (TPSA) is 12.0 Å². The van der Waals surface area contributed by atoms with Crippen molar-refractivity contribution in [3.63, 3.8) is 0 Å². The normalized spacial score (nSPS) is 12.9. The van der Waals surface area contributed by atoms with E-state index in [1.807, 2.05) is 12.1 Å². The lowest BCUT2D eigenvalue weighted by molar-refractivity contribution is 0.302. The Bertz CT molecular complexity index is 427. The Labute approximate surface area is 123 Å². The van der Waals surface area contributed by atoms with E-state index in [9.17, 15) is 0 Å². The third-order valence-corrected chi connectivity index (χ3v) is 3.42. The highest BCUT2D eigenvalue weighted by molar-refractivity contribution is 6.33. The molecule has 0 radical (unpaired) electrons. The summed E-state index contributed by atoms with van der Waals surface area (Å²) in [6.07, 6.45) is 1.09. The van der Waals surface area contributed by atoms with Gasteiger partial charge < -0.3 is 5.32 Å². The van der Waals surface area contributed by atoms with Gasteiger partial charge in [0.1, 0.15) is 0 Å². The highest BCUT2D eigenvalue weighted by Gasteiger charge is 2.26. The molecule has 108 valence electrons. The molecule has 0 aliphatic heterocycles. The van der Waals surface area contributed by atoms with Crippen LogP contribution in [0, 0.1) is 5.41 Å². The largest absolute Gasteiger partial charge is 0.379 e. The molecule has 1 rings (SSSR count). The monoisotopic (exact) mass is 281 g/mol. The smallest absolute Gasteiger partial charge is 0.0640 e. The third kappa shape index (κ3) is 5.06. The molecule has 0 spiro atoms. The summed E-state index contributed by atoms with van der Waals surface area (Å²) in [5.41, 5.74) is 2.69. The number of anilines is 1. The summed E-state index contributed by atoms with van der Waals surface area (Å²) < 4.78 is 0. The Morgan fingerprint density at radius 2 is 1.68 bits per heavy atom. The van der Waals surface area contributed by atoms with Gasteiger partial charge in [0.05, 0.1) is 10.7 Å². The third-order valence-electron chi connectivity index (χ3n) is 3.10. The van der Waals surface area contributed by atoms with Gasteiger partial charge in [0.25, 0.3) is 0 Å². The summed E-state index contributed by atoms with van der Waals surface area (Å²) in [7, 11) is 0. The van der Waals surface area contributed by atoms with E-state index >= 15 is 0 Å². The first-order valence-corrected chi connectivity index (χ1v) is 7.46. The Morgan fingerprint density at radius 3 is 2.16 bits per heavy atom. The molecule has 0 heterocycles. The van der Waals surface area contributed by atoms with Gasteiger partial charge >= 0.3 is 0 Å². The van der Waals surface area contributed by atoms with Gasteiger partial charge in [0, 0.05) is 5.54 Å². The second-order valence-corrected chi connectivity index (χ2v) is 8.01. The molecule has 1 N–H and O–H groups in total. The van der Waals surface area contributed by atoms with Crippen molar-refractivity contribution in [3.05, 3.63) is 28.8 Å². The van der Waals surface area contributed by atoms with Gasteiger partial charge in [-0.05, 0) is 43.2 Å². The molecule has 0 bridgehead atoms. The second kappa shape index (κ2) is 5.75. The van der Waals surface area contributed by atoms with E-state index in [4.69, 9.17) is 11.6 Å². The minimum Gasteiger partial charge on any atom is -0.379 e. The van der Waals surface area contributed by atoms with Crippen LogP contribution in [0.3, 0.4) is 0 Å². The van der Waals surface area contributed by atoms with Crippen molar-refractivity contribution >= 4 is 17.3 Å². The first kappa shape index (κ1) is 16.4. The van der Waals surface area contributed by atoms with Crippen LogP contribution in [-0.2, 0) is 0 Å². The molecule has 1 nitrogen and oxygen atoms in total. The van der Waals surface area contributed by atoms with Crippen molar-refractivity contribution in [3.8, 4) is 0 Å². The number of halogens is 1. The lowest BCUT2D eigenvalue weighted by atomic mass is 9.81. The van der Waals surface area contributed by atoms with Gasteiger partial charge in [-0.1, -0.05) is 58.4 Å². The molecule has 0 saturated heterocycles. The van der Waals surface area contributed by atoms with Crippen molar-refractivity contribution in [1.82, 2.24) is 0 Å². The highest BCUT2D eigenvalue weighted by atomic mass is 35.5. The summed E-state index contributed by atoms with van der Waals surface area (Å²) in [5.74, 6) is 0.464. The zero-order valence-electron chi connectivity index (χ0n) is 13.4. The minimum atomic E-state index is 0.0207. The summed E-state index contributed by atoms with van der Waals surface area (Å²) in [6, 6.07) is 6.15. The molecule has 0 amide bonds. The maximum atomic E-state index is 6.39. The van der Waals surface area contributed by atoms with E-state index in [0.717, 1.165) is 17.1 Å². The molecule has 0 aromatic heterocycles. The fraction of sp³-hybridized carbons (Fsp3) is 0.647. The number of benzene rings is 1. The van der Waals surface area contributed by atoms with Gasteiger partial charge in [0.15, 0.2) is 0 Å². The van der Waals surface area contributed by atoms with E-state index in [-0.39, 0.29) is 11.0 Å². The highest BCUT2D eigenvalue weighted by Crippen LogP contribution is 2.36. The zero-order chi connectivity index (χ0) is 14.8. The molecule has 0 unspecified atom stereocenters. The Morgan fingerprint density at radius 1 is 1.11 bits per heavy atom. The first-order valence-electron chi connectivity index (χ1n) is 7.08. The molecule has 0 atom stereocenters. The van der Waals surface area contributed by atoms with E-state index in [1.165, 1.54) is 5.56 Å². The van der Waals surface area contributed by atoms with Gasteiger partial charge in [0.2, 0.25) is 0 Å². The molecule has 0 saturated carbocycles. The van der Waals surface area contributed by atoms with Crippen LogP contribution in [0.4, 0.5) is 5.69 Å². The van der Waals surface area contributed by atoms with Gasteiger partial charge in [-0.3, -0.25) is 0 Å². The van der Waals surface area contributed by atoms with Crippen molar-refractivity contribution in [2.45, 2.75) is 66.3 Å². The van der Waals surface area contributed by atoms with Crippen LogP contribution >= 0.6 is 11.6 Å². The summed E-state index contributed by atoms with van der Waals surface area (Å²) >= 11 is 6.39. The van der Waals surface area contributed by atoms with Crippen LogP contribution in [0.1, 0.15) is 66.4 Å². The van der Waals surface area contributed by atoms with Crippen LogP contribution in [-0.4, -0.2) is 5.54 Å². The van der Waals surface area contributed by atoms with Crippen molar-refractivity contribution in [2.75, 3.05) is 5.32 Å². The summed E-state index contributed by atoms with van der Waals surface area (Å²) in [4.78, 5) is 0. The number of para-hydroxylation sites is 1. The molecular formula is C17H28ClN. The van der Waals surface area contributed by atoms with E-state index in [2.05, 4.69) is 59.8 Å². The predicted molar refractivity (Wildman–Crippen MR) is 87.3 cm³/mol. The van der Waals surface area contributed by atoms with Crippen LogP contribution in [0.25, 0.3) is 0 Å². The summed E-state index contributed by atoms with van der Waals surface area (Å²) in [5, 5.41) is 4.47. The van der Waals surface area contributed by atoms with Crippen LogP contribution in [0.5, 0.6) is 0 Å². The van der Waals surface area contributed by atoms with Crippen molar-refractivity contribution in [1.29, 1.82) is 0 Å². The second-order valence-electron chi connectivity index (χ2n) is 7.61. The number of rotatable bonds is 4. The van der Waals surface area contributed by atoms with E-state index < -0.39 is 0 Å². The molecule has 0 fully saturated rings. The van der Waals surface area contributed by atoms with Crippen molar-refractivity contribution in [2.24, 2.45) is 5.41 Å². The molecule has 1 aromatic rings. The maximum Gasteiger partial charge on any atom is 0.0640 e. The van der Waals surface area contributed by atoms with E-state index in [0.29, 0.717) is 5.92 Å². The Kier molecular flexibility index (Phi) is 4.95.